The zero-order chi connectivity index (χ0) is 12.7. The van der Waals surface area contributed by atoms with Gasteiger partial charge in [0.15, 0.2) is 0 Å². The molecule has 4 heteroatoms. The van der Waals surface area contributed by atoms with Gasteiger partial charge in [-0.15, -0.1) is 12.3 Å². The van der Waals surface area contributed by atoms with Crippen LogP contribution in [0.2, 0.25) is 0 Å². The van der Waals surface area contributed by atoms with E-state index < -0.39 is 12.0 Å². The van der Waals surface area contributed by atoms with Gasteiger partial charge in [0.1, 0.15) is 6.04 Å². The Hall–Kier alpha value is -1.50. The van der Waals surface area contributed by atoms with E-state index in [1.807, 2.05) is 0 Å². The lowest BCUT2D eigenvalue weighted by molar-refractivity contribution is -0.145. The van der Waals surface area contributed by atoms with E-state index in [0.29, 0.717) is 0 Å². The minimum Gasteiger partial charge on any atom is -0.467 e. The average Bonchev–Trinajstić information content (AvgIpc) is 2.38. The quantitative estimate of drug-likeness (QED) is 0.591. The molecular weight excluding hydrogens is 218 g/mol. The van der Waals surface area contributed by atoms with Crippen LogP contribution in [0, 0.1) is 18.3 Å². The van der Waals surface area contributed by atoms with Gasteiger partial charge in [-0.2, -0.15) is 0 Å². The number of terminal acetylenes is 1. The Balaban J connectivity index is 2.51. The number of rotatable bonds is 4. The highest BCUT2D eigenvalue weighted by Gasteiger charge is 2.26. The van der Waals surface area contributed by atoms with Crippen LogP contribution < -0.4 is 5.32 Å². The molecule has 0 aromatic heterocycles. The highest BCUT2D eigenvalue weighted by Crippen LogP contribution is 2.23. The Morgan fingerprint density at radius 1 is 1.41 bits per heavy atom. The molecule has 17 heavy (non-hydrogen) atoms. The number of carbonyl (C=O) groups is 2. The molecule has 94 valence electrons. The molecule has 0 saturated heterocycles. The minimum atomic E-state index is -0.709. The summed E-state index contributed by atoms with van der Waals surface area (Å²) in [5, 5.41) is 2.68. The maximum Gasteiger partial charge on any atom is 0.329 e. The summed E-state index contributed by atoms with van der Waals surface area (Å²) < 4.78 is 4.60. The Labute approximate surface area is 102 Å². The number of methoxy groups -OCH3 is 1. The molecule has 1 fully saturated rings. The van der Waals surface area contributed by atoms with Crippen molar-refractivity contribution in [3.63, 3.8) is 0 Å². The van der Waals surface area contributed by atoms with Gasteiger partial charge in [-0.25, -0.2) is 4.79 Å². The summed E-state index contributed by atoms with van der Waals surface area (Å²) in [5.74, 6) is 1.84. The van der Waals surface area contributed by atoms with Gasteiger partial charge < -0.3 is 10.1 Å². The van der Waals surface area contributed by atoms with E-state index in [0.717, 1.165) is 25.7 Å². The second-order valence-corrected chi connectivity index (χ2v) is 4.33. The second kappa shape index (κ2) is 6.95. The molecule has 0 bridgehead atoms. The zero-order valence-corrected chi connectivity index (χ0v) is 10.2. The molecule has 0 radical (unpaired) electrons. The van der Waals surface area contributed by atoms with Crippen molar-refractivity contribution in [2.75, 3.05) is 7.11 Å². The lowest BCUT2D eigenvalue weighted by atomic mass is 9.88. The summed E-state index contributed by atoms with van der Waals surface area (Å²) in [5.41, 5.74) is 0. The van der Waals surface area contributed by atoms with Crippen molar-refractivity contribution in [1.82, 2.24) is 5.32 Å². The standard InChI is InChI=1S/C13H19NO3/c1-3-7-11(13(16)17-2)14-12(15)10-8-5-4-6-9-10/h1,10-11H,4-9H2,2H3,(H,14,15)/t11-/m1/s1. The third kappa shape index (κ3) is 4.10. The van der Waals surface area contributed by atoms with E-state index in [9.17, 15) is 9.59 Å². The van der Waals surface area contributed by atoms with Crippen LogP contribution >= 0.6 is 0 Å². The number of hydrogen-bond donors (Lipinski definition) is 1. The van der Waals surface area contributed by atoms with Gasteiger partial charge in [0.25, 0.3) is 0 Å². The molecule has 1 atom stereocenters. The summed E-state index contributed by atoms with van der Waals surface area (Å²) in [4.78, 5) is 23.3. The molecule has 4 nitrogen and oxygen atoms in total. The van der Waals surface area contributed by atoms with Crippen LogP contribution in [-0.4, -0.2) is 25.0 Å². The first-order valence-corrected chi connectivity index (χ1v) is 6.00. The highest BCUT2D eigenvalue weighted by atomic mass is 16.5. The molecule has 0 unspecified atom stereocenters. The van der Waals surface area contributed by atoms with Crippen molar-refractivity contribution >= 4 is 11.9 Å². The Kier molecular flexibility index (Phi) is 5.55. The predicted octanol–water partition coefficient (Wildman–Crippen LogP) is 1.25. The third-order valence-corrected chi connectivity index (χ3v) is 3.10. The molecule has 1 rings (SSSR count). The van der Waals surface area contributed by atoms with Crippen LogP contribution in [0.4, 0.5) is 0 Å². The fourth-order valence-electron chi connectivity index (χ4n) is 2.11. The fraction of sp³-hybridized carbons (Fsp3) is 0.692. The number of nitrogens with one attached hydrogen (secondary N) is 1. The first kappa shape index (κ1) is 13.6. The monoisotopic (exact) mass is 237 g/mol. The highest BCUT2D eigenvalue weighted by molar-refractivity contribution is 5.85. The number of ether oxygens (including phenoxy) is 1. The zero-order valence-electron chi connectivity index (χ0n) is 10.2. The smallest absolute Gasteiger partial charge is 0.329 e. The maximum atomic E-state index is 11.9. The third-order valence-electron chi connectivity index (χ3n) is 3.10. The second-order valence-electron chi connectivity index (χ2n) is 4.33. The van der Waals surface area contributed by atoms with Crippen molar-refractivity contribution in [1.29, 1.82) is 0 Å². The van der Waals surface area contributed by atoms with E-state index >= 15 is 0 Å². The first-order chi connectivity index (χ1) is 8.19. The molecule has 1 saturated carbocycles. The largest absolute Gasteiger partial charge is 0.467 e. The van der Waals surface area contributed by atoms with Gasteiger partial charge in [0, 0.05) is 12.3 Å². The van der Waals surface area contributed by atoms with Crippen molar-refractivity contribution in [2.24, 2.45) is 5.92 Å². The molecule has 0 spiro atoms. The molecule has 0 heterocycles. The van der Waals surface area contributed by atoms with Crippen LogP contribution in [0.25, 0.3) is 0 Å². The van der Waals surface area contributed by atoms with Gasteiger partial charge in [0.2, 0.25) is 5.91 Å². The topological polar surface area (TPSA) is 55.4 Å². The number of carbonyl (C=O) groups excluding carboxylic acids is 2. The lowest BCUT2D eigenvalue weighted by Crippen LogP contribution is -2.44. The molecular formula is C13H19NO3. The predicted molar refractivity (Wildman–Crippen MR) is 64.0 cm³/mol. The summed E-state index contributed by atoms with van der Waals surface area (Å²) >= 11 is 0. The summed E-state index contributed by atoms with van der Waals surface area (Å²) in [6.45, 7) is 0. The van der Waals surface area contributed by atoms with Crippen LogP contribution in [0.5, 0.6) is 0 Å². The van der Waals surface area contributed by atoms with Crippen molar-refractivity contribution in [3.05, 3.63) is 0 Å². The van der Waals surface area contributed by atoms with Gasteiger partial charge in [-0.05, 0) is 12.8 Å². The lowest BCUT2D eigenvalue weighted by Gasteiger charge is -2.23. The van der Waals surface area contributed by atoms with E-state index in [1.165, 1.54) is 13.5 Å². The van der Waals surface area contributed by atoms with Crippen LogP contribution in [-0.2, 0) is 14.3 Å². The Morgan fingerprint density at radius 3 is 2.59 bits per heavy atom. The number of amides is 1. The minimum absolute atomic E-state index is 0.0219. The molecule has 0 aromatic rings. The summed E-state index contributed by atoms with van der Waals surface area (Å²) in [6.07, 6.45) is 10.5. The normalized spacial score (nSPS) is 17.9. The number of esters is 1. The van der Waals surface area contributed by atoms with Crippen LogP contribution in [0.1, 0.15) is 38.5 Å². The van der Waals surface area contributed by atoms with E-state index in [2.05, 4.69) is 16.0 Å². The van der Waals surface area contributed by atoms with Gasteiger partial charge >= 0.3 is 5.97 Å². The van der Waals surface area contributed by atoms with Crippen LogP contribution in [0.15, 0.2) is 0 Å². The fourth-order valence-corrected chi connectivity index (χ4v) is 2.11. The van der Waals surface area contributed by atoms with Crippen LogP contribution in [0.3, 0.4) is 0 Å². The maximum absolute atomic E-state index is 11.9. The molecule has 1 amide bonds. The van der Waals surface area contributed by atoms with Crippen molar-refractivity contribution < 1.29 is 14.3 Å². The van der Waals surface area contributed by atoms with Gasteiger partial charge in [-0.3, -0.25) is 4.79 Å². The SMILES string of the molecule is C#CC[C@@H](NC(=O)C1CCCCC1)C(=O)OC. The first-order valence-electron chi connectivity index (χ1n) is 6.00. The Bertz CT molecular complexity index is 313. The van der Waals surface area contributed by atoms with Crippen molar-refractivity contribution in [2.45, 2.75) is 44.6 Å². The molecule has 1 aliphatic rings. The molecule has 0 aromatic carbocycles. The molecule has 0 aliphatic heterocycles. The van der Waals surface area contributed by atoms with Crippen molar-refractivity contribution in [3.8, 4) is 12.3 Å². The van der Waals surface area contributed by atoms with E-state index in [4.69, 9.17) is 6.42 Å². The van der Waals surface area contributed by atoms with E-state index in [1.54, 1.807) is 0 Å². The Morgan fingerprint density at radius 2 is 2.06 bits per heavy atom. The van der Waals surface area contributed by atoms with Gasteiger partial charge in [-0.1, -0.05) is 19.3 Å². The van der Waals surface area contributed by atoms with Gasteiger partial charge in [0.05, 0.1) is 7.11 Å². The summed E-state index contributed by atoms with van der Waals surface area (Å²) in [7, 11) is 1.29. The van der Waals surface area contributed by atoms with E-state index in [-0.39, 0.29) is 18.2 Å². The summed E-state index contributed by atoms with van der Waals surface area (Å²) in [6, 6.07) is -0.709. The number of hydrogen-bond acceptors (Lipinski definition) is 3. The molecule has 1 N–H and O–H groups in total. The molecule has 1 aliphatic carbocycles. The average molecular weight is 237 g/mol.